The molecular formula is C19H28O3. The van der Waals surface area contributed by atoms with Crippen molar-refractivity contribution in [2.45, 2.75) is 71.0 Å². The zero-order valence-corrected chi connectivity index (χ0v) is 13.7. The molecule has 0 aliphatic heterocycles. The van der Waals surface area contributed by atoms with Crippen molar-refractivity contribution >= 4 is 5.78 Å². The first-order valence-corrected chi connectivity index (χ1v) is 8.98. The number of carbonyl (C=O) groups excluding carboxylic acids is 1. The van der Waals surface area contributed by atoms with Crippen LogP contribution in [0.15, 0.2) is 11.6 Å². The minimum atomic E-state index is -0.489. The van der Waals surface area contributed by atoms with Crippen molar-refractivity contribution in [3.63, 3.8) is 0 Å². The third-order valence-corrected chi connectivity index (χ3v) is 7.69. The van der Waals surface area contributed by atoms with Gasteiger partial charge in [-0.1, -0.05) is 31.9 Å². The standard InChI is InChI=1S/C19H28O3/c1-18-8-4-3-5-11(18)9-13(20)16-12-6-7-15(22)19(12,2)10-14(21)17(16)18/h9,12-14,16-17,20-21H,3-8,10H2,1-2H3/t12-,13?,14?,16+,17+,18-,19-/m0/s1. The number of hydrogen-bond donors (Lipinski definition) is 2. The van der Waals surface area contributed by atoms with Crippen molar-refractivity contribution in [1.29, 1.82) is 0 Å². The summed E-state index contributed by atoms with van der Waals surface area (Å²) in [6.45, 7) is 4.33. The van der Waals surface area contributed by atoms with Gasteiger partial charge in [-0.15, -0.1) is 0 Å². The summed E-state index contributed by atoms with van der Waals surface area (Å²) in [6.07, 6.45) is 7.81. The fourth-order valence-electron chi connectivity index (χ4n) is 6.57. The van der Waals surface area contributed by atoms with Crippen LogP contribution in [0.25, 0.3) is 0 Å². The molecule has 4 aliphatic carbocycles. The predicted molar refractivity (Wildman–Crippen MR) is 84.1 cm³/mol. The molecule has 0 amide bonds. The van der Waals surface area contributed by atoms with E-state index in [-0.39, 0.29) is 23.2 Å². The van der Waals surface area contributed by atoms with Crippen LogP contribution in [0.4, 0.5) is 0 Å². The summed E-state index contributed by atoms with van der Waals surface area (Å²) in [5.41, 5.74) is 0.964. The Kier molecular flexibility index (Phi) is 3.16. The number of rotatable bonds is 0. The Morgan fingerprint density at radius 1 is 1.14 bits per heavy atom. The summed E-state index contributed by atoms with van der Waals surface area (Å²) in [7, 11) is 0. The quantitative estimate of drug-likeness (QED) is 0.677. The molecule has 22 heavy (non-hydrogen) atoms. The van der Waals surface area contributed by atoms with Gasteiger partial charge in [0.2, 0.25) is 0 Å². The van der Waals surface area contributed by atoms with Gasteiger partial charge < -0.3 is 10.2 Å². The second-order valence-electron chi connectivity index (χ2n) is 8.67. The summed E-state index contributed by atoms with van der Waals surface area (Å²) in [4.78, 5) is 12.4. The molecule has 3 heteroatoms. The molecule has 3 nitrogen and oxygen atoms in total. The largest absolute Gasteiger partial charge is 0.393 e. The maximum Gasteiger partial charge on any atom is 0.139 e. The molecule has 3 saturated carbocycles. The van der Waals surface area contributed by atoms with E-state index in [9.17, 15) is 15.0 Å². The van der Waals surface area contributed by atoms with Crippen molar-refractivity contribution in [3.8, 4) is 0 Å². The molecule has 0 aromatic heterocycles. The van der Waals surface area contributed by atoms with E-state index in [0.29, 0.717) is 18.6 Å². The number of allylic oxidation sites excluding steroid dienone is 1. The van der Waals surface area contributed by atoms with Gasteiger partial charge in [0.15, 0.2) is 0 Å². The molecule has 3 fully saturated rings. The second-order valence-corrected chi connectivity index (χ2v) is 8.67. The molecule has 4 aliphatic rings. The molecule has 122 valence electrons. The van der Waals surface area contributed by atoms with Gasteiger partial charge in [-0.2, -0.15) is 0 Å². The molecule has 7 atom stereocenters. The lowest BCUT2D eigenvalue weighted by Gasteiger charge is -2.59. The lowest BCUT2D eigenvalue weighted by atomic mass is 9.46. The van der Waals surface area contributed by atoms with Crippen LogP contribution in [0.5, 0.6) is 0 Å². The van der Waals surface area contributed by atoms with Gasteiger partial charge in [0.05, 0.1) is 12.2 Å². The van der Waals surface area contributed by atoms with Gasteiger partial charge in [-0.3, -0.25) is 4.79 Å². The Bertz CT molecular complexity index is 539. The summed E-state index contributed by atoms with van der Waals surface area (Å²) in [5, 5.41) is 21.8. The second kappa shape index (κ2) is 4.67. The highest BCUT2D eigenvalue weighted by Gasteiger charge is 2.63. The smallest absolute Gasteiger partial charge is 0.139 e. The van der Waals surface area contributed by atoms with Crippen LogP contribution >= 0.6 is 0 Å². The monoisotopic (exact) mass is 304 g/mol. The number of hydrogen-bond acceptors (Lipinski definition) is 3. The van der Waals surface area contributed by atoms with E-state index >= 15 is 0 Å². The summed E-state index contributed by atoms with van der Waals surface area (Å²) < 4.78 is 0. The van der Waals surface area contributed by atoms with Crippen LogP contribution in [-0.4, -0.2) is 28.2 Å². The van der Waals surface area contributed by atoms with Crippen LogP contribution in [-0.2, 0) is 4.79 Å². The molecule has 0 radical (unpaired) electrons. The Balaban J connectivity index is 1.81. The molecule has 0 spiro atoms. The molecule has 2 N–H and O–H groups in total. The first-order valence-electron chi connectivity index (χ1n) is 8.98. The molecule has 2 unspecified atom stereocenters. The zero-order valence-electron chi connectivity index (χ0n) is 13.7. The number of carbonyl (C=O) groups is 1. The van der Waals surface area contributed by atoms with Gasteiger partial charge in [0.1, 0.15) is 5.78 Å². The van der Waals surface area contributed by atoms with Crippen LogP contribution in [0.2, 0.25) is 0 Å². The Hall–Kier alpha value is -0.670. The van der Waals surface area contributed by atoms with Crippen LogP contribution < -0.4 is 0 Å². The highest BCUT2D eigenvalue weighted by atomic mass is 16.3. The molecule has 0 bridgehead atoms. The van der Waals surface area contributed by atoms with Crippen molar-refractivity contribution in [2.75, 3.05) is 0 Å². The lowest BCUT2D eigenvalue weighted by Crippen LogP contribution is -2.59. The van der Waals surface area contributed by atoms with Gasteiger partial charge in [-0.25, -0.2) is 0 Å². The maximum atomic E-state index is 12.4. The fraction of sp³-hybridized carbons (Fsp3) is 0.842. The fourth-order valence-corrected chi connectivity index (χ4v) is 6.57. The number of fused-ring (bicyclic) bond motifs is 5. The van der Waals surface area contributed by atoms with Crippen LogP contribution in [0.3, 0.4) is 0 Å². The highest BCUT2D eigenvalue weighted by molar-refractivity contribution is 5.87. The van der Waals surface area contributed by atoms with Gasteiger partial charge >= 0.3 is 0 Å². The maximum absolute atomic E-state index is 12.4. The number of Topliss-reactive ketones (excluding diaryl/α,β-unsaturated/α-hetero) is 1. The van der Waals surface area contributed by atoms with Crippen molar-refractivity contribution in [2.24, 2.45) is 28.6 Å². The topological polar surface area (TPSA) is 57.5 Å². The predicted octanol–water partition coefficient (Wildman–Crippen LogP) is 2.85. The molecule has 0 aromatic carbocycles. The average molecular weight is 304 g/mol. The number of aliphatic hydroxyl groups excluding tert-OH is 2. The van der Waals surface area contributed by atoms with Crippen LogP contribution in [0, 0.1) is 28.6 Å². The van der Waals surface area contributed by atoms with E-state index in [4.69, 9.17) is 0 Å². The van der Waals surface area contributed by atoms with E-state index < -0.39 is 17.6 Å². The molecule has 0 heterocycles. The number of aliphatic hydroxyl groups is 2. The molecule has 0 saturated heterocycles. The number of ketones is 1. The van der Waals surface area contributed by atoms with Crippen molar-refractivity contribution in [1.82, 2.24) is 0 Å². The van der Waals surface area contributed by atoms with E-state index in [1.165, 1.54) is 18.4 Å². The van der Waals surface area contributed by atoms with Gasteiger partial charge in [0.25, 0.3) is 0 Å². The SMILES string of the molecule is C[C@]12CCCCC1=CC(O)[C@@H]1[C@H]2C(O)C[C@]2(C)C(=O)CC[C@@H]12. The van der Waals surface area contributed by atoms with Crippen molar-refractivity contribution in [3.05, 3.63) is 11.6 Å². The van der Waals surface area contributed by atoms with E-state index in [1.807, 2.05) is 6.92 Å². The van der Waals surface area contributed by atoms with Gasteiger partial charge in [0, 0.05) is 11.8 Å². The third kappa shape index (κ3) is 1.73. The first-order chi connectivity index (χ1) is 10.4. The molecule has 0 aromatic rings. The minimum Gasteiger partial charge on any atom is -0.393 e. The van der Waals surface area contributed by atoms with Crippen LogP contribution in [0.1, 0.15) is 58.8 Å². The lowest BCUT2D eigenvalue weighted by molar-refractivity contribution is -0.155. The van der Waals surface area contributed by atoms with Gasteiger partial charge in [-0.05, 0) is 55.3 Å². The molecule has 4 rings (SSSR count). The Morgan fingerprint density at radius 3 is 2.68 bits per heavy atom. The third-order valence-electron chi connectivity index (χ3n) is 7.69. The average Bonchev–Trinajstić information content (AvgIpc) is 2.75. The molecular weight excluding hydrogens is 276 g/mol. The summed E-state index contributed by atoms with van der Waals surface area (Å²) >= 11 is 0. The summed E-state index contributed by atoms with van der Waals surface area (Å²) in [6, 6.07) is 0. The first kappa shape index (κ1) is 14.9. The van der Waals surface area contributed by atoms with Crippen molar-refractivity contribution < 1.29 is 15.0 Å². The van der Waals surface area contributed by atoms with E-state index in [2.05, 4.69) is 13.0 Å². The van der Waals surface area contributed by atoms with E-state index in [0.717, 1.165) is 19.3 Å². The van der Waals surface area contributed by atoms with E-state index in [1.54, 1.807) is 0 Å². The normalized spacial score (nSPS) is 54.3. The Labute approximate surface area is 132 Å². The minimum absolute atomic E-state index is 0.0224. The highest BCUT2D eigenvalue weighted by Crippen LogP contribution is 2.63. The summed E-state index contributed by atoms with van der Waals surface area (Å²) in [5.74, 6) is 0.699. The Morgan fingerprint density at radius 2 is 1.91 bits per heavy atom. The zero-order chi connectivity index (χ0) is 15.7.